The summed E-state index contributed by atoms with van der Waals surface area (Å²) in [7, 11) is 0. The van der Waals surface area contributed by atoms with E-state index in [0.717, 1.165) is 30.3 Å². The van der Waals surface area contributed by atoms with Crippen molar-refractivity contribution in [2.24, 2.45) is 4.99 Å². The van der Waals surface area contributed by atoms with E-state index in [-0.39, 0.29) is 23.9 Å². The van der Waals surface area contributed by atoms with Gasteiger partial charge in [0, 0.05) is 18.7 Å². The second-order valence-electron chi connectivity index (χ2n) is 7.60. The first-order chi connectivity index (χ1) is 16.2. The zero-order valence-electron chi connectivity index (χ0n) is 18.9. The van der Waals surface area contributed by atoms with E-state index in [0.29, 0.717) is 36.2 Å². The molecule has 3 rings (SSSR count). The minimum absolute atomic E-state index is 0.0824. The summed E-state index contributed by atoms with van der Waals surface area (Å²) in [5, 5.41) is 2.36. The van der Waals surface area contributed by atoms with Gasteiger partial charge in [0.15, 0.2) is 5.17 Å². The molecule has 1 aliphatic heterocycles. The predicted octanol–water partition coefficient (Wildman–Crippen LogP) is 5.86. The zero-order chi connectivity index (χ0) is 24.7. The third-order valence-corrected chi connectivity index (χ3v) is 6.15. The Morgan fingerprint density at radius 3 is 2.56 bits per heavy atom. The molecule has 2 aromatic rings. The molecule has 0 aliphatic carbocycles. The number of alkyl halides is 3. The third-order valence-electron chi connectivity index (χ3n) is 4.97. The van der Waals surface area contributed by atoms with Gasteiger partial charge < -0.3 is 10.1 Å². The molecule has 34 heavy (non-hydrogen) atoms. The summed E-state index contributed by atoms with van der Waals surface area (Å²) >= 11 is 1.10. The third kappa shape index (κ3) is 6.75. The average Bonchev–Trinajstić information content (AvgIpc) is 3.07. The standard InChI is InChI=1S/C24H26F3N3O3S/c1-3-5-13-30-22(32)20(15-21(31)28-17-9-11-19(12-10-17)33-4-2)34-23(30)29-18-8-6-7-16(14-18)24(25,26)27/h6-12,14,20H,3-5,13,15H2,1-2H3,(H,28,31)/t20-/m0/s1. The van der Waals surface area contributed by atoms with Crippen LogP contribution in [0.4, 0.5) is 24.5 Å². The van der Waals surface area contributed by atoms with E-state index in [9.17, 15) is 22.8 Å². The fourth-order valence-electron chi connectivity index (χ4n) is 3.29. The molecule has 0 spiro atoms. The van der Waals surface area contributed by atoms with Crippen LogP contribution in [0.25, 0.3) is 0 Å². The lowest BCUT2D eigenvalue weighted by Crippen LogP contribution is -2.34. The van der Waals surface area contributed by atoms with Gasteiger partial charge in [-0.3, -0.25) is 14.5 Å². The Morgan fingerprint density at radius 1 is 1.18 bits per heavy atom. The Morgan fingerprint density at radius 2 is 1.91 bits per heavy atom. The normalized spacial score (nSPS) is 17.3. The smallest absolute Gasteiger partial charge is 0.416 e. The maximum absolute atomic E-state index is 13.1. The largest absolute Gasteiger partial charge is 0.494 e. The predicted molar refractivity (Wildman–Crippen MR) is 127 cm³/mol. The molecule has 1 aliphatic rings. The number of unbranched alkanes of at least 4 members (excludes halogenated alkanes) is 1. The summed E-state index contributed by atoms with van der Waals surface area (Å²) in [6.45, 7) is 4.77. The highest BCUT2D eigenvalue weighted by molar-refractivity contribution is 8.15. The number of carbonyl (C=O) groups excluding carboxylic acids is 2. The van der Waals surface area contributed by atoms with Gasteiger partial charge >= 0.3 is 6.18 Å². The Kier molecular flexibility index (Phi) is 8.60. The van der Waals surface area contributed by atoms with Crippen LogP contribution in [0.3, 0.4) is 0 Å². The molecular formula is C24H26F3N3O3S. The van der Waals surface area contributed by atoms with Crippen molar-refractivity contribution >= 4 is 40.1 Å². The summed E-state index contributed by atoms with van der Waals surface area (Å²) in [6, 6.07) is 11.5. The molecule has 0 aromatic heterocycles. The Bertz CT molecular complexity index is 1040. The molecule has 6 nitrogen and oxygen atoms in total. The van der Waals surface area contributed by atoms with Gasteiger partial charge in [-0.1, -0.05) is 31.2 Å². The van der Waals surface area contributed by atoms with Crippen LogP contribution >= 0.6 is 11.8 Å². The van der Waals surface area contributed by atoms with E-state index in [1.165, 1.54) is 17.0 Å². The number of thioether (sulfide) groups is 1. The maximum Gasteiger partial charge on any atom is 0.416 e. The molecule has 10 heteroatoms. The minimum Gasteiger partial charge on any atom is -0.494 e. The van der Waals surface area contributed by atoms with Crippen LogP contribution < -0.4 is 10.1 Å². The van der Waals surface area contributed by atoms with E-state index in [1.807, 2.05) is 13.8 Å². The van der Waals surface area contributed by atoms with Gasteiger partial charge in [0.1, 0.15) is 11.0 Å². The topological polar surface area (TPSA) is 71.0 Å². The molecular weight excluding hydrogens is 467 g/mol. The number of aliphatic imine (C=N–C) groups is 1. The second-order valence-corrected chi connectivity index (χ2v) is 8.77. The molecule has 1 N–H and O–H groups in total. The number of carbonyl (C=O) groups is 2. The van der Waals surface area contributed by atoms with Crippen LogP contribution in [0.15, 0.2) is 53.5 Å². The summed E-state index contributed by atoms with van der Waals surface area (Å²) in [5.74, 6) is 0.0702. The Balaban J connectivity index is 1.73. The van der Waals surface area contributed by atoms with Crippen molar-refractivity contribution in [2.75, 3.05) is 18.5 Å². The monoisotopic (exact) mass is 493 g/mol. The highest BCUT2D eigenvalue weighted by Gasteiger charge is 2.39. The number of amides is 2. The number of halogens is 3. The Labute approximate surface area is 200 Å². The fourth-order valence-corrected chi connectivity index (χ4v) is 4.47. The summed E-state index contributed by atoms with van der Waals surface area (Å²) in [5.41, 5.74) is -0.134. The van der Waals surface area contributed by atoms with Gasteiger partial charge in [0.2, 0.25) is 11.8 Å². The van der Waals surface area contributed by atoms with Crippen LogP contribution in [0, 0.1) is 0 Å². The van der Waals surface area contributed by atoms with Crippen molar-refractivity contribution in [3.05, 3.63) is 54.1 Å². The van der Waals surface area contributed by atoms with Crippen LogP contribution in [-0.2, 0) is 15.8 Å². The molecule has 1 atom stereocenters. The lowest BCUT2D eigenvalue weighted by Gasteiger charge is -2.16. The second kappa shape index (κ2) is 11.4. The van der Waals surface area contributed by atoms with Crippen molar-refractivity contribution in [1.29, 1.82) is 0 Å². The number of amidine groups is 1. The number of hydrogen-bond acceptors (Lipinski definition) is 5. The average molecular weight is 494 g/mol. The minimum atomic E-state index is -4.49. The molecule has 1 fully saturated rings. The molecule has 0 radical (unpaired) electrons. The van der Waals surface area contributed by atoms with Crippen molar-refractivity contribution in [1.82, 2.24) is 4.90 Å². The number of anilines is 1. The molecule has 0 saturated carbocycles. The van der Waals surface area contributed by atoms with Gasteiger partial charge in [0.05, 0.1) is 17.9 Å². The highest BCUT2D eigenvalue weighted by Crippen LogP contribution is 2.35. The van der Waals surface area contributed by atoms with Gasteiger partial charge in [0.25, 0.3) is 0 Å². The van der Waals surface area contributed by atoms with Crippen LogP contribution in [0.5, 0.6) is 5.75 Å². The van der Waals surface area contributed by atoms with Gasteiger partial charge in [-0.25, -0.2) is 4.99 Å². The lowest BCUT2D eigenvalue weighted by atomic mass is 10.2. The number of rotatable bonds is 9. The highest BCUT2D eigenvalue weighted by atomic mass is 32.2. The first-order valence-corrected chi connectivity index (χ1v) is 11.9. The summed E-state index contributed by atoms with van der Waals surface area (Å²) in [4.78, 5) is 31.4. The summed E-state index contributed by atoms with van der Waals surface area (Å²) in [6.07, 6.45) is -3.04. The molecule has 0 unspecified atom stereocenters. The molecule has 1 saturated heterocycles. The van der Waals surface area contributed by atoms with Gasteiger partial charge in [-0.15, -0.1) is 0 Å². The number of ether oxygens (including phenoxy) is 1. The van der Waals surface area contributed by atoms with Crippen molar-refractivity contribution in [3.8, 4) is 5.75 Å². The fraction of sp³-hybridized carbons (Fsp3) is 0.375. The number of benzene rings is 2. The van der Waals surface area contributed by atoms with Crippen LogP contribution in [0.1, 0.15) is 38.7 Å². The van der Waals surface area contributed by atoms with Gasteiger partial charge in [-0.05, 0) is 55.8 Å². The van der Waals surface area contributed by atoms with E-state index in [2.05, 4.69) is 10.3 Å². The molecule has 1 heterocycles. The van der Waals surface area contributed by atoms with E-state index >= 15 is 0 Å². The van der Waals surface area contributed by atoms with Crippen molar-refractivity contribution in [3.63, 3.8) is 0 Å². The lowest BCUT2D eigenvalue weighted by molar-refractivity contribution is -0.137. The van der Waals surface area contributed by atoms with Crippen LogP contribution in [-0.4, -0.2) is 40.3 Å². The summed E-state index contributed by atoms with van der Waals surface area (Å²) < 4.78 is 44.6. The maximum atomic E-state index is 13.1. The first-order valence-electron chi connectivity index (χ1n) is 11.0. The van der Waals surface area contributed by atoms with Crippen molar-refractivity contribution in [2.45, 2.75) is 44.5 Å². The van der Waals surface area contributed by atoms with E-state index in [1.54, 1.807) is 24.3 Å². The molecule has 182 valence electrons. The van der Waals surface area contributed by atoms with Gasteiger partial charge in [-0.2, -0.15) is 13.2 Å². The zero-order valence-corrected chi connectivity index (χ0v) is 19.7. The SMILES string of the molecule is CCCCN1C(=O)[C@H](CC(=O)Nc2ccc(OCC)cc2)SC1=Nc1cccc(C(F)(F)F)c1. The number of hydrogen-bond donors (Lipinski definition) is 1. The van der Waals surface area contributed by atoms with Crippen molar-refractivity contribution < 1.29 is 27.5 Å². The Hall–Kier alpha value is -3.01. The molecule has 2 amide bonds. The number of nitrogens with one attached hydrogen (secondary N) is 1. The molecule has 2 aromatic carbocycles. The number of nitrogens with zero attached hydrogens (tertiary/aromatic N) is 2. The van der Waals surface area contributed by atoms with E-state index < -0.39 is 17.0 Å². The molecule has 0 bridgehead atoms. The first kappa shape index (κ1) is 25.6. The quantitative estimate of drug-likeness (QED) is 0.475. The van der Waals surface area contributed by atoms with E-state index in [4.69, 9.17) is 4.74 Å². The van der Waals surface area contributed by atoms with Crippen LogP contribution in [0.2, 0.25) is 0 Å².